The van der Waals surface area contributed by atoms with Crippen molar-refractivity contribution in [2.24, 2.45) is 0 Å². The van der Waals surface area contributed by atoms with Crippen LogP contribution in [0.4, 0.5) is 4.39 Å². The van der Waals surface area contributed by atoms with Crippen LogP contribution >= 0.6 is 11.8 Å². The monoisotopic (exact) mass is 321 g/mol. The predicted molar refractivity (Wildman–Crippen MR) is 88.9 cm³/mol. The fraction of sp³-hybridized carbons (Fsp3) is 0.667. The number of ether oxygens (including phenoxy) is 1. The zero-order valence-corrected chi connectivity index (χ0v) is 13.7. The minimum atomic E-state index is -0.139. The van der Waals surface area contributed by atoms with Crippen molar-refractivity contribution in [2.45, 2.75) is 55.7 Å². The first-order valence-corrected chi connectivity index (χ1v) is 9.61. The first kappa shape index (κ1) is 15.0. The van der Waals surface area contributed by atoms with Crippen LogP contribution in [0.5, 0.6) is 0 Å². The number of benzene rings is 1. The quantitative estimate of drug-likeness (QED) is 0.917. The molecular formula is C18H24FNOS. The van der Waals surface area contributed by atoms with E-state index < -0.39 is 0 Å². The molecule has 1 spiro atoms. The van der Waals surface area contributed by atoms with Crippen molar-refractivity contribution in [3.8, 4) is 0 Å². The molecule has 4 rings (SSSR count). The average Bonchev–Trinajstić information content (AvgIpc) is 2.92. The summed E-state index contributed by atoms with van der Waals surface area (Å²) in [5, 5.41) is 3.85. The summed E-state index contributed by atoms with van der Waals surface area (Å²) in [5.74, 6) is 2.89. The molecular weight excluding hydrogens is 297 g/mol. The van der Waals surface area contributed by atoms with Crippen molar-refractivity contribution < 1.29 is 9.13 Å². The Balaban J connectivity index is 1.28. The van der Waals surface area contributed by atoms with E-state index in [1.54, 1.807) is 12.1 Å². The van der Waals surface area contributed by atoms with Gasteiger partial charge in [0.05, 0.1) is 5.60 Å². The van der Waals surface area contributed by atoms with Gasteiger partial charge in [0.15, 0.2) is 0 Å². The number of hydrogen-bond donors (Lipinski definition) is 1. The van der Waals surface area contributed by atoms with Crippen LogP contribution in [0.1, 0.15) is 43.6 Å². The van der Waals surface area contributed by atoms with Crippen LogP contribution in [-0.4, -0.2) is 35.8 Å². The van der Waals surface area contributed by atoms with Gasteiger partial charge in [-0.15, -0.1) is 0 Å². The Bertz CT molecular complexity index is 508. The van der Waals surface area contributed by atoms with E-state index in [4.69, 9.17) is 4.74 Å². The third kappa shape index (κ3) is 3.06. The molecule has 1 saturated carbocycles. The molecule has 2 heterocycles. The zero-order chi connectivity index (χ0) is 15.0. The van der Waals surface area contributed by atoms with Crippen molar-refractivity contribution in [1.29, 1.82) is 0 Å². The second-order valence-electron chi connectivity index (χ2n) is 7.11. The Labute approximate surface area is 136 Å². The summed E-state index contributed by atoms with van der Waals surface area (Å²) in [5.41, 5.74) is 1.45. The molecule has 3 aliphatic rings. The van der Waals surface area contributed by atoms with Crippen molar-refractivity contribution in [3.05, 3.63) is 35.6 Å². The molecule has 3 fully saturated rings. The molecule has 2 atom stereocenters. The van der Waals surface area contributed by atoms with Crippen LogP contribution in [0.3, 0.4) is 0 Å². The van der Waals surface area contributed by atoms with Gasteiger partial charge in [-0.3, -0.25) is 0 Å². The number of thioether (sulfide) groups is 1. The highest BCUT2D eigenvalue weighted by Crippen LogP contribution is 2.41. The maximum atomic E-state index is 13.0. The van der Waals surface area contributed by atoms with E-state index in [9.17, 15) is 4.39 Å². The molecule has 0 unspecified atom stereocenters. The molecule has 0 amide bonds. The Kier molecular flexibility index (Phi) is 4.18. The van der Waals surface area contributed by atoms with E-state index in [0.29, 0.717) is 18.0 Å². The minimum absolute atomic E-state index is 0.139. The molecule has 0 aromatic heterocycles. The summed E-state index contributed by atoms with van der Waals surface area (Å²) in [6, 6.07) is 8.28. The molecule has 2 nitrogen and oxygen atoms in total. The predicted octanol–water partition coefficient (Wildman–Crippen LogP) is 3.72. The van der Waals surface area contributed by atoms with Gasteiger partial charge in [-0.2, -0.15) is 11.8 Å². The molecule has 1 aromatic rings. The highest BCUT2D eigenvalue weighted by atomic mass is 32.2. The molecule has 0 radical (unpaired) electrons. The van der Waals surface area contributed by atoms with Gasteiger partial charge in [0.1, 0.15) is 5.82 Å². The van der Waals surface area contributed by atoms with Crippen molar-refractivity contribution >= 4 is 11.8 Å². The minimum Gasteiger partial charge on any atom is -0.374 e. The van der Waals surface area contributed by atoms with Gasteiger partial charge in [0.2, 0.25) is 0 Å². The lowest BCUT2D eigenvalue weighted by Gasteiger charge is -2.43. The van der Waals surface area contributed by atoms with Gasteiger partial charge in [-0.05, 0) is 61.5 Å². The first-order chi connectivity index (χ1) is 10.7. The van der Waals surface area contributed by atoms with Gasteiger partial charge < -0.3 is 10.1 Å². The van der Waals surface area contributed by atoms with E-state index >= 15 is 0 Å². The molecule has 1 N–H and O–H groups in total. The molecule has 2 saturated heterocycles. The van der Waals surface area contributed by atoms with Gasteiger partial charge >= 0.3 is 0 Å². The van der Waals surface area contributed by atoms with E-state index in [1.165, 1.54) is 42.8 Å². The Morgan fingerprint density at radius 2 is 2.00 bits per heavy atom. The third-order valence-corrected chi connectivity index (χ3v) is 6.73. The highest BCUT2D eigenvalue weighted by Gasteiger charge is 2.41. The second kappa shape index (κ2) is 6.14. The highest BCUT2D eigenvalue weighted by molar-refractivity contribution is 7.99. The molecule has 1 aliphatic carbocycles. The van der Waals surface area contributed by atoms with Crippen LogP contribution in [-0.2, 0) is 4.74 Å². The topological polar surface area (TPSA) is 21.3 Å². The lowest BCUT2D eigenvalue weighted by molar-refractivity contribution is -0.0726. The smallest absolute Gasteiger partial charge is 0.123 e. The Morgan fingerprint density at radius 3 is 2.73 bits per heavy atom. The first-order valence-electron chi connectivity index (χ1n) is 8.46. The number of hydrogen-bond acceptors (Lipinski definition) is 3. The summed E-state index contributed by atoms with van der Waals surface area (Å²) in [6.07, 6.45) is 5.91. The largest absolute Gasteiger partial charge is 0.374 e. The molecule has 22 heavy (non-hydrogen) atoms. The van der Waals surface area contributed by atoms with Crippen LogP contribution in [0.25, 0.3) is 0 Å². The number of rotatable bonds is 3. The van der Waals surface area contributed by atoms with Gasteiger partial charge in [-0.1, -0.05) is 12.1 Å². The summed E-state index contributed by atoms with van der Waals surface area (Å²) in [4.78, 5) is 0. The van der Waals surface area contributed by atoms with Crippen LogP contribution in [0.2, 0.25) is 0 Å². The average molecular weight is 321 g/mol. The maximum absolute atomic E-state index is 13.0. The summed E-state index contributed by atoms with van der Waals surface area (Å²) in [7, 11) is 0. The van der Waals surface area contributed by atoms with E-state index in [2.05, 4.69) is 5.32 Å². The van der Waals surface area contributed by atoms with Gasteiger partial charge in [0.25, 0.3) is 0 Å². The standard InChI is InChI=1S/C18H24FNOS/c19-15-3-1-13(2-4-15)14-9-17(10-14)20-16-5-7-21-18(11-16)6-8-22-12-18/h1-4,14,16-17,20H,5-12H2/t14?,16-,17?,18-/m0/s1. The van der Waals surface area contributed by atoms with Gasteiger partial charge in [0, 0.05) is 24.4 Å². The number of nitrogens with one attached hydrogen (secondary N) is 1. The Hall–Kier alpha value is -0.580. The van der Waals surface area contributed by atoms with Crippen molar-refractivity contribution in [3.63, 3.8) is 0 Å². The fourth-order valence-electron chi connectivity index (χ4n) is 4.13. The normalized spacial score (nSPS) is 38.1. The van der Waals surface area contributed by atoms with Crippen molar-refractivity contribution in [2.75, 3.05) is 18.1 Å². The molecule has 1 aromatic carbocycles. The summed E-state index contributed by atoms with van der Waals surface area (Å²) in [6.45, 7) is 0.909. The number of halogens is 1. The van der Waals surface area contributed by atoms with Crippen LogP contribution < -0.4 is 5.32 Å². The third-order valence-electron chi connectivity index (χ3n) is 5.51. The SMILES string of the molecule is Fc1ccc(C2CC(N[C@H]3CCO[C@@]4(CCSC4)C3)C2)cc1. The van der Waals surface area contributed by atoms with Crippen LogP contribution in [0.15, 0.2) is 24.3 Å². The summed E-state index contributed by atoms with van der Waals surface area (Å²) >= 11 is 2.04. The second-order valence-corrected chi connectivity index (χ2v) is 8.21. The molecule has 4 heteroatoms. The molecule has 2 aliphatic heterocycles. The Morgan fingerprint density at radius 1 is 1.18 bits per heavy atom. The lowest BCUT2D eigenvalue weighted by Crippen LogP contribution is -2.52. The maximum Gasteiger partial charge on any atom is 0.123 e. The summed E-state index contributed by atoms with van der Waals surface area (Å²) < 4.78 is 19.1. The molecule has 120 valence electrons. The fourth-order valence-corrected chi connectivity index (χ4v) is 5.51. The van der Waals surface area contributed by atoms with E-state index in [1.807, 2.05) is 23.9 Å². The van der Waals surface area contributed by atoms with Crippen molar-refractivity contribution in [1.82, 2.24) is 5.32 Å². The molecule has 0 bridgehead atoms. The van der Waals surface area contributed by atoms with E-state index in [-0.39, 0.29) is 11.4 Å². The van der Waals surface area contributed by atoms with E-state index in [0.717, 1.165) is 13.0 Å². The van der Waals surface area contributed by atoms with Gasteiger partial charge in [-0.25, -0.2) is 4.39 Å². The van der Waals surface area contributed by atoms with Crippen LogP contribution in [0, 0.1) is 5.82 Å². The lowest BCUT2D eigenvalue weighted by atomic mass is 9.75. The zero-order valence-electron chi connectivity index (χ0n) is 12.9.